The van der Waals surface area contributed by atoms with E-state index in [-0.39, 0.29) is 23.0 Å². The Kier molecular flexibility index (Phi) is 11.2. The average Bonchev–Trinajstić information content (AvgIpc) is 3.71. The second-order valence-corrected chi connectivity index (χ2v) is 27.3. The second-order valence-electron chi connectivity index (χ2n) is 23.7. The van der Waals surface area contributed by atoms with Crippen LogP contribution in [-0.2, 0) is 16.2 Å². The minimum Gasteiger partial charge on any atom is -0.311 e. The summed E-state index contributed by atoms with van der Waals surface area (Å²) in [6, 6.07) is 57.0. The summed E-state index contributed by atoms with van der Waals surface area (Å²) >= 11 is 2.01. The number of hydrogen-bond donors (Lipinski definition) is 0. The number of thiophene rings is 1. The van der Waals surface area contributed by atoms with Crippen molar-refractivity contribution in [3.63, 3.8) is 0 Å². The van der Waals surface area contributed by atoms with E-state index >= 15 is 0 Å². The first-order valence-electron chi connectivity index (χ1n) is 25.8. The Morgan fingerprint density at radius 1 is 0.600 bits per heavy atom. The lowest BCUT2D eigenvalue weighted by Crippen LogP contribution is -2.61. The van der Waals surface area contributed by atoms with Gasteiger partial charge in [-0.25, -0.2) is 0 Å². The fourth-order valence-electron chi connectivity index (χ4n) is 11.8. The van der Waals surface area contributed by atoms with Gasteiger partial charge in [-0.1, -0.05) is 167 Å². The second kappa shape index (κ2) is 16.9. The molecule has 6 heteroatoms. The van der Waals surface area contributed by atoms with E-state index in [1.165, 1.54) is 99.3 Å². The standard InChI is InChI=1S/C64H69BN3SSi/c1-40(2)42-23-26-46(27-24-42)67-56-36-47(66(44-19-15-14-16-20-44)45-28-30-48(31-29-45)70(12)13)37-57-59(56)65(61-60(67)50-35-43(62(5,6)7)25-32-58(50)69-61)53-38-51-52(64(10,11)34-33-63(51,8)9)39-55(53)68(57)54-22-18-17-21-49(54)41(3)4/h14-32,35-41H,33-34H2,1-13H3. The number of benzene rings is 7. The Bertz CT molecular complexity index is 3300. The first kappa shape index (κ1) is 46.6. The molecule has 0 N–H and O–H groups in total. The van der Waals surface area contributed by atoms with Crippen LogP contribution in [0, 0.1) is 0 Å². The summed E-state index contributed by atoms with van der Waals surface area (Å²) in [4.78, 5) is 7.88. The zero-order valence-electron chi connectivity index (χ0n) is 43.8. The van der Waals surface area contributed by atoms with E-state index in [2.05, 4.69) is 250 Å². The van der Waals surface area contributed by atoms with Gasteiger partial charge >= 0.3 is 0 Å². The normalized spacial score (nSPS) is 15.6. The first-order chi connectivity index (χ1) is 33.3. The minimum absolute atomic E-state index is 0.0119. The molecule has 70 heavy (non-hydrogen) atoms. The van der Waals surface area contributed by atoms with Gasteiger partial charge in [-0.05, 0) is 152 Å². The number of para-hydroxylation sites is 2. The molecule has 0 fully saturated rings. The van der Waals surface area contributed by atoms with Gasteiger partial charge in [-0.3, -0.25) is 0 Å². The predicted octanol–water partition coefficient (Wildman–Crippen LogP) is 16.3. The van der Waals surface area contributed by atoms with Crippen LogP contribution in [0.15, 0.2) is 146 Å². The van der Waals surface area contributed by atoms with E-state index in [0.29, 0.717) is 11.8 Å². The Balaban J connectivity index is 1.32. The smallest absolute Gasteiger partial charge is 0.264 e. The van der Waals surface area contributed by atoms with Crippen LogP contribution in [0.5, 0.6) is 0 Å². The van der Waals surface area contributed by atoms with Crippen LogP contribution in [0.3, 0.4) is 0 Å². The van der Waals surface area contributed by atoms with Crippen molar-refractivity contribution >= 4 is 109 Å². The lowest BCUT2D eigenvalue weighted by atomic mass is 9.35. The maximum Gasteiger partial charge on any atom is 0.264 e. The number of nitrogens with zero attached hydrogens (tertiary/aromatic N) is 3. The van der Waals surface area contributed by atoms with Gasteiger partial charge < -0.3 is 14.7 Å². The van der Waals surface area contributed by atoms with Crippen molar-refractivity contribution in [3.8, 4) is 0 Å². The SMILES string of the molecule is CC(C)c1ccc(N2c3cc(N(c4ccccc4)c4ccc([Si](C)C)cc4)cc4c3B(c3cc5c(cc3N4c3ccccc3C(C)C)C(C)(C)CCC5(C)C)c3sc4ccc(C(C)(C)C)cc4c32)cc1. The summed E-state index contributed by atoms with van der Waals surface area (Å²) < 4.78 is 2.76. The van der Waals surface area contributed by atoms with Crippen molar-refractivity contribution in [3.05, 3.63) is 173 Å². The van der Waals surface area contributed by atoms with Gasteiger partial charge in [0.15, 0.2) is 0 Å². The topological polar surface area (TPSA) is 9.72 Å². The molecule has 0 atom stereocenters. The average molecular weight is 951 g/mol. The molecule has 8 aromatic rings. The monoisotopic (exact) mass is 951 g/mol. The van der Waals surface area contributed by atoms with E-state index in [9.17, 15) is 0 Å². The van der Waals surface area contributed by atoms with Crippen LogP contribution >= 0.6 is 11.3 Å². The molecule has 1 radical (unpaired) electrons. The van der Waals surface area contributed by atoms with E-state index in [4.69, 9.17) is 0 Å². The number of anilines is 9. The third-order valence-electron chi connectivity index (χ3n) is 16.1. The molecular formula is C64H69BN3SSi. The maximum absolute atomic E-state index is 2.70. The summed E-state index contributed by atoms with van der Waals surface area (Å²) in [6.07, 6.45) is 2.33. The third-order valence-corrected chi connectivity index (χ3v) is 18.8. The van der Waals surface area contributed by atoms with E-state index in [1.54, 1.807) is 0 Å². The molecule has 1 aliphatic carbocycles. The molecule has 3 nitrogen and oxygen atoms in total. The molecule has 3 aliphatic rings. The molecule has 2 aliphatic heterocycles. The highest BCUT2D eigenvalue weighted by atomic mass is 32.1. The molecule has 0 saturated carbocycles. The molecule has 0 bridgehead atoms. The fraction of sp³-hybridized carbons (Fsp3) is 0.312. The molecule has 11 rings (SSSR count). The summed E-state index contributed by atoms with van der Waals surface area (Å²) in [7, 11) is -0.632. The molecule has 3 heterocycles. The van der Waals surface area contributed by atoms with Crippen LogP contribution < -0.4 is 35.6 Å². The Labute approximate surface area is 424 Å². The van der Waals surface area contributed by atoms with Crippen LogP contribution in [0.2, 0.25) is 13.1 Å². The first-order valence-corrected chi connectivity index (χ1v) is 29.1. The lowest BCUT2D eigenvalue weighted by Gasteiger charge is -2.47. The largest absolute Gasteiger partial charge is 0.311 e. The van der Waals surface area contributed by atoms with Crippen molar-refractivity contribution in [2.75, 3.05) is 14.7 Å². The zero-order chi connectivity index (χ0) is 49.2. The number of rotatable bonds is 8. The van der Waals surface area contributed by atoms with Gasteiger partial charge in [0.1, 0.15) is 0 Å². The van der Waals surface area contributed by atoms with Crippen LogP contribution in [0.4, 0.5) is 51.2 Å². The maximum atomic E-state index is 2.70. The van der Waals surface area contributed by atoms with Crippen LogP contribution in [0.25, 0.3) is 10.1 Å². The highest BCUT2D eigenvalue weighted by molar-refractivity contribution is 7.33. The van der Waals surface area contributed by atoms with Gasteiger partial charge in [-0.15, -0.1) is 11.3 Å². The van der Waals surface area contributed by atoms with Crippen molar-refractivity contribution in [1.82, 2.24) is 0 Å². The number of fused-ring (bicyclic) bond motifs is 7. The predicted molar refractivity (Wildman–Crippen MR) is 310 cm³/mol. The van der Waals surface area contributed by atoms with Gasteiger partial charge in [0.25, 0.3) is 6.71 Å². The Morgan fingerprint density at radius 3 is 1.84 bits per heavy atom. The molecular weight excluding hydrogens is 882 g/mol. The lowest BCUT2D eigenvalue weighted by molar-refractivity contribution is 0.332. The van der Waals surface area contributed by atoms with E-state index < -0.39 is 8.80 Å². The molecule has 0 spiro atoms. The van der Waals surface area contributed by atoms with Crippen molar-refractivity contribution in [2.45, 2.75) is 130 Å². The summed E-state index contributed by atoms with van der Waals surface area (Å²) in [5, 5.41) is 2.77. The molecule has 0 unspecified atom stereocenters. The minimum atomic E-state index is -0.632. The highest BCUT2D eigenvalue weighted by Crippen LogP contribution is 2.54. The molecule has 353 valence electrons. The van der Waals surface area contributed by atoms with Crippen LogP contribution in [0.1, 0.15) is 129 Å². The summed E-state index contributed by atoms with van der Waals surface area (Å²) in [6.45, 7) is 31.1. The van der Waals surface area contributed by atoms with E-state index in [1.807, 2.05) is 11.3 Å². The summed E-state index contributed by atoms with van der Waals surface area (Å²) in [5.74, 6) is 0.743. The van der Waals surface area contributed by atoms with Crippen LogP contribution in [-0.4, -0.2) is 15.5 Å². The molecule has 0 amide bonds. The highest BCUT2D eigenvalue weighted by Gasteiger charge is 2.48. The van der Waals surface area contributed by atoms with Crippen molar-refractivity contribution < 1.29 is 0 Å². The van der Waals surface area contributed by atoms with E-state index in [0.717, 1.165) is 23.5 Å². The van der Waals surface area contributed by atoms with Gasteiger partial charge in [-0.2, -0.15) is 0 Å². The molecule has 7 aromatic carbocycles. The quantitative estimate of drug-likeness (QED) is 0.141. The van der Waals surface area contributed by atoms with Crippen molar-refractivity contribution in [1.29, 1.82) is 0 Å². The fourth-order valence-corrected chi connectivity index (χ4v) is 13.9. The van der Waals surface area contributed by atoms with Crippen molar-refractivity contribution in [2.24, 2.45) is 0 Å². The molecule has 0 saturated heterocycles. The Morgan fingerprint density at radius 2 is 1.21 bits per heavy atom. The summed E-state index contributed by atoms with van der Waals surface area (Å²) in [5.41, 5.74) is 20.9. The van der Waals surface area contributed by atoms with Gasteiger partial charge in [0.2, 0.25) is 0 Å². The number of hydrogen-bond acceptors (Lipinski definition) is 4. The molecule has 1 aromatic heterocycles. The van der Waals surface area contributed by atoms with Gasteiger partial charge in [0.05, 0.1) is 20.2 Å². The van der Waals surface area contributed by atoms with Gasteiger partial charge in [0, 0.05) is 54.7 Å². The zero-order valence-corrected chi connectivity index (χ0v) is 45.6. The third kappa shape index (κ3) is 7.58. The Hall–Kier alpha value is -5.82.